The van der Waals surface area contributed by atoms with Gasteiger partial charge in [0.15, 0.2) is 0 Å². The number of nitrogens with zero attached hydrogens (tertiary/aromatic N) is 2. The van der Waals surface area contributed by atoms with Gasteiger partial charge in [0.2, 0.25) is 5.95 Å². The topological polar surface area (TPSA) is 63.8 Å². The van der Waals surface area contributed by atoms with Gasteiger partial charge < -0.3 is 11.1 Å². The van der Waals surface area contributed by atoms with E-state index in [2.05, 4.69) is 29.1 Å². The van der Waals surface area contributed by atoms with E-state index in [0.29, 0.717) is 12.5 Å². The van der Waals surface area contributed by atoms with Crippen molar-refractivity contribution >= 4 is 5.95 Å². The van der Waals surface area contributed by atoms with Crippen LogP contribution in [0.5, 0.6) is 0 Å². The fourth-order valence-electron chi connectivity index (χ4n) is 1.90. The van der Waals surface area contributed by atoms with E-state index in [9.17, 15) is 0 Å². The van der Waals surface area contributed by atoms with Gasteiger partial charge in [0.05, 0.1) is 0 Å². The summed E-state index contributed by atoms with van der Waals surface area (Å²) in [6, 6.07) is 10.1. The average Bonchev–Trinajstić information content (AvgIpc) is 2.40. The summed E-state index contributed by atoms with van der Waals surface area (Å²) in [6.45, 7) is 4.82. The third-order valence-electron chi connectivity index (χ3n) is 2.98. The first-order valence-corrected chi connectivity index (χ1v) is 6.46. The SMILES string of the molecule is CC(C)(CCN)Nc1ncc(-c2ccccc2)cn1. The molecule has 0 spiro atoms. The highest BCUT2D eigenvalue weighted by Gasteiger charge is 2.17. The van der Waals surface area contributed by atoms with Crippen LogP contribution in [0.1, 0.15) is 20.3 Å². The molecule has 0 saturated heterocycles. The minimum atomic E-state index is -0.0942. The van der Waals surface area contributed by atoms with Crippen molar-refractivity contribution in [2.24, 2.45) is 5.73 Å². The van der Waals surface area contributed by atoms with Crippen molar-refractivity contribution in [3.8, 4) is 11.1 Å². The summed E-state index contributed by atoms with van der Waals surface area (Å²) < 4.78 is 0. The van der Waals surface area contributed by atoms with Crippen molar-refractivity contribution in [1.82, 2.24) is 9.97 Å². The number of rotatable bonds is 5. The van der Waals surface area contributed by atoms with Gasteiger partial charge in [0, 0.05) is 23.5 Å². The van der Waals surface area contributed by atoms with Gasteiger partial charge in [-0.05, 0) is 32.4 Å². The molecule has 4 nitrogen and oxygen atoms in total. The number of aromatic nitrogens is 2. The maximum absolute atomic E-state index is 5.59. The number of hydrogen-bond acceptors (Lipinski definition) is 4. The van der Waals surface area contributed by atoms with Crippen LogP contribution in [0.3, 0.4) is 0 Å². The predicted molar refractivity (Wildman–Crippen MR) is 78.8 cm³/mol. The highest BCUT2D eigenvalue weighted by molar-refractivity contribution is 5.61. The molecule has 0 fully saturated rings. The van der Waals surface area contributed by atoms with Gasteiger partial charge in [-0.25, -0.2) is 9.97 Å². The van der Waals surface area contributed by atoms with E-state index in [-0.39, 0.29) is 5.54 Å². The van der Waals surface area contributed by atoms with Crippen LogP contribution in [-0.4, -0.2) is 22.1 Å². The zero-order valence-corrected chi connectivity index (χ0v) is 11.4. The lowest BCUT2D eigenvalue weighted by atomic mass is 10.0. The lowest BCUT2D eigenvalue weighted by molar-refractivity contribution is 0.522. The Bertz CT molecular complexity index is 505. The zero-order valence-electron chi connectivity index (χ0n) is 11.4. The Labute approximate surface area is 114 Å². The standard InChI is InChI=1S/C15H20N4/c1-15(2,8-9-16)19-14-17-10-13(11-18-14)12-6-4-3-5-7-12/h3-7,10-11H,8-9,16H2,1-2H3,(H,17,18,19). The summed E-state index contributed by atoms with van der Waals surface area (Å²) in [5, 5.41) is 3.30. The van der Waals surface area contributed by atoms with Gasteiger partial charge in [0.1, 0.15) is 0 Å². The third-order valence-corrected chi connectivity index (χ3v) is 2.98. The van der Waals surface area contributed by atoms with Gasteiger partial charge in [-0.1, -0.05) is 30.3 Å². The van der Waals surface area contributed by atoms with Crippen LogP contribution in [0.25, 0.3) is 11.1 Å². The molecule has 2 rings (SSSR count). The summed E-state index contributed by atoms with van der Waals surface area (Å²) in [5.41, 5.74) is 7.63. The molecule has 0 unspecified atom stereocenters. The van der Waals surface area contributed by atoms with Crippen molar-refractivity contribution in [3.63, 3.8) is 0 Å². The molecule has 4 heteroatoms. The molecular formula is C15H20N4. The predicted octanol–water partition coefficient (Wildman–Crippen LogP) is 2.68. The van der Waals surface area contributed by atoms with Gasteiger partial charge in [0.25, 0.3) is 0 Å². The van der Waals surface area contributed by atoms with E-state index in [1.54, 1.807) is 0 Å². The highest BCUT2D eigenvalue weighted by Crippen LogP contribution is 2.19. The molecule has 0 amide bonds. The number of hydrogen-bond donors (Lipinski definition) is 2. The largest absolute Gasteiger partial charge is 0.349 e. The van der Waals surface area contributed by atoms with Gasteiger partial charge in [-0.15, -0.1) is 0 Å². The minimum Gasteiger partial charge on any atom is -0.349 e. The van der Waals surface area contributed by atoms with E-state index in [1.165, 1.54) is 0 Å². The van der Waals surface area contributed by atoms with Gasteiger partial charge >= 0.3 is 0 Å². The number of nitrogens with two attached hydrogens (primary N) is 1. The molecule has 0 aliphatic carbocycles. The first-order chi connectivity index (χ1) is 9.11. The quantitative estimate of drug-likeness (QED) is 0.863. The Morgan fingerprint density at radius 2 is 1.68 bits per heavy atom. The average molecular weight is 256 g/mol. The van der Waals surface area contributed by atoms with Crippen LogP contribution < -0.4 is 11.1 Å². The molecule has 2 aromatic rings. The Morgan fingerprint density at radius 1 is 1.05 bits per heavy atom. The molecule has 1 heterocycles. The summed E-state index contributed by atoms with van der Waals surface area (Å²) in [6.07, 6.45) is 4.54. The highest BCUT2D eigenvalue weighted by atomic mass is 15.1. The van der Waals surface area contributed by atoms with Crippen LogP contribution in [0, 0.1) is 0 Å². The van der Waals surface area contributed by atoms with E-state index in [1.807, 2.05) is 42.7 Å². The van der Waals surface area contributed by atoms with Crippen molar-refractivity contribution in [2.75, 3.05) is 11.9 Å². The van der Waals surface area contributed by atoms with E-state index < -0.39 is 0 Å². The lowest BCUT2D eigenvalue weighted by Crippen LogP contribution is -2.34. The Morgan fingerprint density at radius 3 is 2.26 bits per heavy atom. The number of benzene rings is 1. The Balaban J connectivity index is 2.11. The van der Waals surface area contributed by atoms with Crippen molar-refractivity contribution in [1.29, 1.82) is 0 Å². The normalized spacial score (nSPS) is 11.3. The molecule has 0 bridgehead atoms. The first kappa shape index (κ1) is 13.5. The second-order valence-corrected chi connectivity index (χ2v) is 5.21. The summed E-state index contributed by atoms with van der Waals surface area (Å²) >= 11 is 0. The smallest absolute Gasteiger partial charge is 0.223 e. The minimum absolute atomic E-state index is 0.0942. The third kappa shape index (κ3) is 3.76. The lowest BCUT2D eigenvalue weighted by Gasteiger charge is -2.25. The molecule has 0 aliphatic heterocycles. The molecule has 100 valence electrons. The van der Waals surface area contributed by atoms with Crippen molar-refractivity contribution < 1.29 is 0 Å². The molecule has 0 saturated carbocycles. The van der Waals surface area contributed by atoms with Crippen molar-refractivity contribution in [2.45, 2.75) is 25.8 Å². The monoisotopic (exact) mass is 256 g/mol. The van der Waals surface area contributed by atoms with E-state index in [0.717, 1.165) is 17.5 Å². The fraction of sp³-hybridized carbons (Fsp3) is 0.333. The molecule has 3 N–H and O–H groups in total. The van der Waals surface area contributed by atoms with E-state index >= 15 is 0 Å². The summed E-state index contributed by atoms with van der Waals surface area (Å²) in [5.74, 6) is 0.637. The van der Waals surface area contributed by atoms with E-state index in [4.69, 9.17) is 5.73 Å². The van der Waals surface area contributed by atoms with Gasteiger partial charge in [-0.2, -0.15) is 0 Å². The summed E-state index contributed by atoms with van der Waals surface area (Å²) in [4.78, 5) is 8.72. The second kappa shape index (κ2) is 5.80. The zero-order chi connectivity index (χ0) is 13.7. The van der Waals surface area contributed by atoms with Crippen LogP contribution in [-0.2, 0) is 0 Å². The Kier molecular flexibility index (Phi) is 4.12. The van der Waals surface area contributed by atoms with Gasteiger partial charge in [-0.3, -0.25) is 0 Å². The van der Waals surface area contributed by atoms with Crippen LogP contribution >= 0.6 is 0 Å². The maximum atomic E-state index is 5.59. The number of anilines is 1. The molecule has 19 heavy (non-hydrogen) atoms. The molecule has 0 aliphatic rings. The second-order valence-electron chi connectivity index (χ2n) is 5.21. The fourth-order valence-corrected chi connectivity index (χ4v) is 1.90. The first-order valence-electron chi connectivity index (χ1n) is 6.46. The molecular weight excluding hydrogens is 236 g/mol. The van der Waals surface area contributed by atoms with Crippen LogP contribution in [0.4, 0.5) is 5.95 Å². The molecule has 1 aromatic carbocycles. The maximum Gasteiger partial charge on any atom is 0.223 e. The van der Waals surface area contributed by atoms with Crippen LogP contribution in [0.2, 0.25) is 0 Å². The molecule has 0 atom stereocenters. The van der Waals surface area contributed by atoms with Crippen molar-refractivity contribution in [3.05, 3.63) is 42.7 Å². The van der Waals surface area contributed by atoms with Crippen LogP contribution in [0.15, 0.2) is 42.7 Å². The molecule has 1 aromatic heterocycles. The number of nitrogens with one attached hydrogen (secondary N) is 1. The summed E-state index contributed by atoms with van der Waals surface area (Å²) in [7, 11) is 0. The Hall–Kier alpha value is -1.94. The molecule has 0 radical (unpaired) electrons.